The summed E-state index contributed by atoms with van der Waals surface area (Å²) in [5.74, 6) is 3.68. The maximum atomic E-state index is 6.77. The number of terminal acetylenes is 1. The molecule has 3 heterocycles. The van der Waals surface area contributed by atoms with Crippen LogP contribution in [0.15, 0.2) is 6.33 Å². The van der Waals surface area contributed by atoms with E-state index in [9.17, 15) is 0 Å². The molecule has 2 unspecified atom stereocenters. The van der Waals surface area contributed by atoms with E-state index < -0.39 is 8.30 Å². The first-order valence-electron chi connectivity index (χ1n) is 11.3. The fourth-order valence-electron chi connectivity index (χ4n) is 4.56. The van der Waals surface area contributed by atoms with Crippen LogP contribution in [-0.2, 0) is 9.26 Å². The Morgan fingerprint density at radius 1 is 1.28 bits per heavy atom. The Morgan fingerprint density at radius 3 is 2.56 bits per heavy atom. The van der Waals surface area contributed by atoms with Crippen molar-refractivity contribution >= 4 is 19.5 Å². The van der Waals surface area contributed by atoms with E-state index in [1.54, 1.807) is 6.33 Å². The first-order chi connectivity index (χ1) is 15.2. The third-order valence-electron chi connectivity index (χ3n) is 5.83. The van der Waals surface area contributed by atoms with E-state index in [0.29, 0.717) is 35.0 Å². The summed E-state index contributed by atoms with van der Waals surface area (Å²) >= 11 is 0. The number of hydrogen-bond acceptors (Lipinski definition) is 7. The van der Waals surface area contributed by atoms with Gasteiger partial charge in [-0.1, -0.05) is 19.8 Å². The number of hydrogen-bond donors (Lipinski definition) is 0. The van der Waals surface area contributed by atoms with Crippen LogP contribution in [0, 0.1) is 25.2 Å². The Morgan fingerprint density at radius 2 is 1.97 bits per heavy atom. The zero-order chi connectivity index (χ0) is 23.6. The molecule has 1 aliphatic rings. The van der Waals surface area contributed by atoms with Gasteiger partial charge in [0, 0.05) is 18.0 Å². The van der Waals surface area contributed by atoms with Gasteiger partial charge in [0.15, 0.2) is 24.0 Å². The second-order valence-corrected chi connectivity index (χ2v) is 10.4. The maximum absolute atomic E-state index is 6.77. The van der Waals surface area contributed by atoms with Crippen LogP contribution in [0.3, 0.4) is 0 Å². The van der Waals surface area contributed by atoms with Gasteiger partial charge in [0.1, 0.15) is 20.2 Å². The summed E-state index contributed by atoms with van der Waals surface area (Å²) in [6.45, 7) is 17.3. The van der Waals surface area contributed by atoms with Crippen LogP contribution in [-0.4, -0.2) is 61.8 Å². The van der Waals surface area contributed by atoms with Crippen molar-refractivity contribution in [2.45, 2.75) is 85.4 Å². The molecule has 0 radical (unpaired) electrons. The lowest BCUT2D eigenvalue weighted by molar-refractivity contribution is -0.0287. The highest BCUT2D eigenvalue weighted by Crippen LogP contribution is 2.49. The number of imidazole rings is 1. The molecule has 176 valence electrons. The summed E-state index contributed by atoms with van der Waals surface area (Å²) in [4.78, 5) is 13.6. The first-order valence-corrected chi connectivity index (χ1v) is 13.0. The highest BCUT2D eigenvalue weighted by Gasteiger charge is 2.45. The van der Waals surface area contributed by atoms with Crippen molar-refractivity contribution in [2.24, 2.45) is 5.92 Å². The second kappa shape index (κ2) is 10.4. The van der Waals surface area contributed by atoms with E-state index in [1.165, 1.54) is 0 Å². The number of fused-ring (bicyclic) bond motifs is 1. The van der Waals surface area contributed by atoms with E-state index >= 15 is 0 Å². The fraction of sp³-hybridized carbons (Fsp3) is 0.696. The number of aromatic nitrogens is 4. The van der Waals surface area contributed by atoms with Crippen LogP contribution < -0.4 is 4.74 Å². The minimum atomic E-state index is -0.811. The predicted octanol–water partition coefficient (Wildman–Crippen LogP) is 4.54. The number of rotatable bonds is 9. The molecule has 0 amide bonds. The average molecular weight is 462 g/mol. The molecule has 0 spiro atoms. The normalized spacial score (nSPS) is 24.6. The van der Waals surface area contributed by atoms with E-state index in [0.717, 1.165) is 6.42 Å². The Labute approximate surface area is 192 Å². The van der Waals surface area contributed by atoms with Crippen LogP contribution in [0.5, 0.6) is 5.88 Å². The summed E-state index contributed by atoms with van der Waals surface area (Å²) in [5.41, 5.74) is 1.24. The van der Waals surface area contributed by atoms with Gasteiger partial charge in [-0.05, 0) is 47.7 Å². The molecular formula is C23H36N5O3P. The average Bonchev–Trinajstić information content (AvgIpc) is 3.26. The molecule has 32 heavy (non-hydrogen) atoms. The van der Waals surface area contributed by atoms with Crippen molar-refractivity contribution in [3.63, 3.8) is 0 Å². The summed E-state index contributed by atoms with van der Waals surface area (Å²) in [6.07, 6.45) is 7.65. The van der Waals surface area contributed by atoms with Crippen molar-refractivity contribution in [2.75, 3.05) is 13.3 Å². The van der Waals surface area contributed by atoms with Gasteiger partial charge in [0.2, 0.25) is 5.88 Å². The largest absolute Gasteiger partial charge is 0.463 e. The van der Waals surface area contributed by atoms with Gasteiger partial charge < -0.3 is 14.0 Å². The van der Waals surface area contributed by atoms with Crippen molar-refractivity contribution in [1.29, 1.82) is 0 Å². The lowest BCUT2D eigenvalue weighted by Gasteiger charge is -2.37. The van der Waals surface area contributed by atoms with Crippen molar-refractivity contribution in [1.82, 2.24) is 24.2 Å². The first kappa shape index (κ1) is 24.9. The van der Waals surface area contributed by atoms with Crippen LogP contribution in [0.25, 0.3) is 11.2 Å². The lowest BCUT2D eigenvalue weighted by atomic mass is 9.99. The summed E-state index contributed by atoms with van der Waals surface area (Å²) in [5, 5.41) is 0. The molecule has 1 fully saturated rings. The molecule has 2 aromatic heterocycles. The molecule has 2 aromatic rings. The van der Waals surface area contributed by atoms with E-state index in [-0.39, 0.29) is 31.0 Å². The fourth-order valence-corrected chi connectivity index (χ4v) is 6.62. The zero-order valence-electron chi connectivity index (χ0n) is 20.4. The van der Waals surface area contributed by atoms with Gasteiger partial charge in [-0.3, -0.25) is 9.24 Å². The van der Waals surface area contributed by atoms with Gasteiger partial charge in [0.25, 0.3) is 0 Å². The molecule has 1 aliphatic heterocycles. The Bertz CT molecular complexity index is 949. The number of nitrogens with zero attached hydrogens (tertiary/aromatic N) is 5. The molecule has 0 bridgehead atoms. The lowest BCUT2D eigenvalue weighted by Crippen LogP contribution is -2.35. The highest BCUT2D eigenvalue weighted by atomic mass is 31.2. The van der Waals surface area contributed by atoms with Crippen LogP contribution in [0.2, 0.25) is 0 Å². The third-order valence-corrected chi connectivity index (χ3v) is 7.95. The molecular weight excluding hydrogens is 425 g/mol. The second-order valence-electron chi connectivity index (χ2n) is 8.83. The highest BCUT2D eigenvalue weighted by molar-refractivity contribution is 7.49. The molecule has 0 aliphatic carbocycles. The quantitative estimate of drug-likeness (QED) is 0.401. The number of aryl methyl sites for hydroxylation is 1. The minimum absolute atomic E-state index is 0.0949. The Hall–Kier alpha value is -1.78. The van der Waals surface area contributed by atoms with Gasteiger partial charge >= 0.3 is 0 Å². The summed E-state index contributed by atoms with van der Waals surface area (Å²) in [6, 6.07) is 0.786. The molecule has 9 heteroatoms. The van der Waals surface area contributed by atoms with Crippen molar-refractivity contribution in [3.05, 3.63) is 12.2 Å². The van der Waals surface area contributed by atoms with Crippen LogP contribution >= 0.6 is 8.30 Å². The van der Waals surface area contributed by atoms with Crippen molar-refractivity contribution < 1.29 is 14.0 Å². The summed E-state index contributed by atoms with van der Waals surface area (Å²) in [7, 11) is -0.811. The maximum Gasteiger partial charge on any atom is 0.246 e. The molecule has 3 rings (SSSR count). The number of ether oxygens (including phenoxy) is 2. The Kier molecular flexibility index (Phi) is 8.11. The van der Waals surface area contributed by atoms with Crippen LogP contribution in [0.4, 0.5) is 0 Å². The SMILES string of the molecule is C#CCOc1nc(C)nc2c1ncn2[C@@H]1O[C@H](CC)[C@H](C)C1OP(C)N(C(C)C)C(C)C. The van der Waals surface area contributed by atoms with Gasteiger partial charge in [0.05, 0.1) is 12.4 Å². The summed E-state index contributed by atoms with van der Waals surface area (Å²) < 4.78 is 23.3. The predicted molar refractivity (Wildman–Crippen MR) is 128 cm³/mol. The van der Waals surface area contributed by atoms with Crippen molar-refractivity contribution in [3.8, 4) is 18.2 Å². The minimum Gasteiger partial charge on any atom is -0.463 e. The Balaban J connectivity index is 1.98. The van der Waals surface area contributed by atoms with E-state index in [4.69, 9.17) is 20.4 Å². The van der Waals surface area contributed by atoms with Gasteiger partial charge in [-0.2, -0.15) is 4.98 Å². The molecule has 8 nitrogen and oxygen atoms in total. The topological polar surface area (TPSA) is 74.5 Å². The van der Waals surface area contributed by atoms with Gasteiger partial charge in [-0.15, -0.1) is 6.42 Å². The molecule has 5 atom stereocenters. The standard InChI is InChI=1S/C23H36N5O3P/c1-10-12-29-22-19-21(25-17(8)26-22)27(13-24-19)23-20(16(7)18(11-2)30-23)31-32(9)28(14(3)4)15(5)6/h1,13-16,18,20,23H,11-12H2,2-9H3/t16-,18+,20?,23+,32?/m0/s1. The van der Waals surface area contributed by atoms with E-state index in [2.05, 4.69) is 73.8 Å². The third kappa shape index (κ3) is 4.92. The molecule has 0 saturated carbocycles. The smallest absolute Gasteiger partial charge is 0.246 e. The monoisotopic (exact) mass is 461 g/mol. The van der Waals surface area contributed by atoms with Gasteiger partial charge in [-0.25, -0.2) is 9.97 Å². The molecule has 0 aromatic carbocycles. The van der Waals surface area contributed by atoms with E-state index in [1.807, 2.05) is 11.5 Å². The zero-order valence-corrected chi connectivity index (χ0v) is 21.3. The van der Waals surface area contributed by atoms with Crippen LogP contribution in [0.1, 0.15) is 60.0 Å². The molecule has 0 N–H and O–H groups in total. The molecule has 1 saturated heterocycles.